The third-order valence-corrected chi connectivity index (χ3v) is 3.32. The van der Waals surface area contributed by atoms with Gasteiger partial charge in [0.15, 0.2) is 0 Å². The molecule has 1 aromatic carbocycles. The molecule has 3 amide bonds. The molecule has 0 spiro atoms. The van der Waals surface area contributed by atoms with E-state index in [0.717, 1.165) is 19.5 Å². The largest absolute Gasteiger partial charge is 0.351 e. The van der Waals surface area contributed by atoms with Crippen molar-refractivity contribution in [2.75, 3.05) is 18.4 Å². The number of amides is 3. The van der Waals surface area contributed by atoms with Crippen LogP contribution in [0.2, 0.25) is 0 Å². The molecule has 2 rings (SSSR count). The van der Waals surface area contributed by atoms with E-state index in [-0.39, 0.29) is 5.91 Å². The van der Waals surface area contributed by atoms with Crippen LogP contribution in [0.15, 0.2) is 24.3 Å². The molecule has 1 aromatic rings. The zero-order valence-corrected chi connectivity index (χ0v) is 11.1. The summed E-state index contributed by atoms with van der Waals surface area (Å²) in [7, 11) is 0. The Morgan fingerprint density at radius 3 is 2.89 bits per heavy atom. The number of primary amides is 1. The number of anilines is 1. The molecule has 0 aliphatic carbocycles. The lowest BCUT2D eigenvalue weighted by Crippen LogP contribution is -2.39. The zero-order valence-electron chi connectivity index (χ0n) is 11.1. The SMILES string of the molecule is C[C@@H]1CCCN(C(=O)c2cccc(NC(N)=O)c2)C1. The van der Waals surface area contributed by atoms with Gasteiger partial charge in [0.05, 0.1) is 0 Å². The van der Waals surface area contributed by atoms with Crippen LogP contribution in [0, 0.1) is 5.92 Å². The zero-order chi connectivity index (χ0) is 13.8. The Morgan fingerprint density at radius 1 is 1.42 bits per heavy atom. The van der Waals surface area contributed by atoms with Gasteiger partial charge in [-0.3, -0.25) is 4.79 Å². The van der Waals surface area contributed by atoms with Crippen LogP contribution < -0.4 is 11.1 Å². The summed E-state index contributed by atoms with van der Waals surface area (Å²) in [6, 6.07) is 6.24. The number of benzene rings is 1. The fourth-order valence-electron chi connectivity index (χ4n) is 2.43. The number of rotatable bonds is 2. The summed E-state index contributed by atoms with van der Waals surface area (Å²) in [5.41, 5.74) is 6.19. The highest BCUT2D eigenvalue weighted by Crippen LogP contribution is 2.19. The van der Waals surface area contributed by atoms with E-state index in [4.69, 9.17) is 5.73 Å². The van der Waals surface area contributed by atoms with Crippen molar-refractivity contribution >= 4 is 17.6 Å². The topological polar surface area (TPSA) is 75.4 Å². The van der Waals surface area contributed by atoms with Crippen LogP contribution in [0.1, 0.15) is 30.1 Å². The van der Waals surface area contributed by atoms with Gasteiger partial charge in [-0.2, -0.15) is 0 Å². The van der Waals surface area contributed by atoms with Crippen LogP contribution in [-0.4, -0.2) is 29.9 Å². The molecule has 0 aromatic heterocycles. The van der Waals surface area contributed by atoms with Gasteiger partial charge in [-0.15, -0.1) is 0 Å². The molecule has 0 unspecified atom stereocenters. The van der Waals surface area contributed by atoms with Gasteiger partial charge in [-0.1, -0.05) is 13.0 Å². The molecule has 0 saturated carbocycles. The monoisotopic (exact) mass is 261 g/mol. The van der Waals surface area contributed by atoms with Gasteiger partial charge in [0.2, 0.25) is 0 Å². The second-order valence-corrected chi connectivity index (χ2v) is 5.07. The van der Waals surface area contributed by atoms with E-state index < -0.39 is 6.03 Å². The van der Waals surface area contributed by atoms with Gasteiger partial charge in [0.1, 0.15) is 0 Å². The van der Waals surface area contributed by atoms with E-state index in [1.807, 2.05) is 4.90 Å². The fourth-order valence-corrected chi connectivity index (χ4v) is 2.43. The molecule has 102 valence electrons. The predicted molar refractivity (Wildman–Crippen MR) is 73.9 cm³/mol. The molecule has 5 nitrogen and oxygen atoms in total. The first-order valence-corrected chi connectivity index (χ1v) is 6.52. The number of nitrogens with two attached hydrogens (primary N) is 1. The summed E-state index contributed by atoms with van der Waals surface area (Å²) >= 11 is 0. The molecular weight excluding hydrogens is 242 g/mol. The summed E-state index contributed by atoms with van der Waals surface area (Å²) in [6.07, 6.45) is 2.22. The molecule has 1 aliphatic heterocycles. The normalized spacial score (nSPS) is 19.0. The molecular formula is C14H19N3O2. The summed E-state index contributed by atoms with van der Waals surface area (Å²) in [6.45, 7) is 3.76. The number of piperidine rings is 1. The van der Waals surface area contributed by atoms with Crippen molar-refractivity contribution in [2.24, 2.45) is 11.7 Å². The van der Waals surface area contributed by atoms with Crippen LogP contribution in [-0.2, 0) is 0 Å². The first-order valence-electron chi connectivity index (χ1n) is 6.52. The van der Waals surface area contributed by atoms with Crippen molar-refractivity contribution in [3.05, 3.63) is 29.8 Å². The maximum Gasteiger partial charge on any atom is 0.316 e. The van der Waals surface area contributed by atoms with Crippen molar-refractivity contribution in [2.45, 2.75) is 19.8 Å². The second kappa shape index (κ2) is 5.73. The number of likely N-dealkylation sites (tertiary alicyclic amines) is 1. The minimum Gasteiger partial charge on any atom is -0.351 e. The van der Waals surface area contributed by atoms with E-state index in [2.05, 4.69) is 12.2 Å². The van der Waals surface area contributed by atoms with Crippen molar-refractivity contribution in [1.29, 1.82) is 0 Å². The Labute approximate surface area is 112 Å². The number of nitrogens with one attached hydrogen (secondary N) is 1. The number of nitrogens with zero attached hydrogens (tertiary/aromatic N) is 1. The van der Waals surface area contributed by atoms with Crippen LogP contribution in [0.4, 0.5) is 10.5 Å². The van der Waals surface area contributed by atoms with Gasteiger partial charge < -0.3 is 16.0 Å². The first kappa shape index (κ1) is 13.4. The van der Waals surface area contributed by atoms with Crippen molar-refractivity contribution in [1.82, 2.24) is 4.90 Å². The lowest BCUT2D eigenvalue weighted by Gasteiger charge is -2.31. The predicted octanol–water partition coefficient (Wildman–Crippen LogP) is 2.05. The summed E-state index contributed by atoms with van der Waals surface area (Å²) < 4.78 is 0. The maximum absolute atomic E-state index is 12.4. The lowest BCUT2D eigenvalue weighted by molar-refractivity contribution is 0.0683. The van der Waals surface area contributed by atoms with E-state index in [1.165, 1.54) is 6.42 Å². The second-order valence-electron chi connectivity index (χ2n) is 5.07. The standard InChI is InChI=1S/C14H19N3O2/c1-10-4-3-7-17(9-10)13(18)11-5-2-6-12(8-11)16-14(15)19/h2,5-6,8,10H,3-4,7,9H2,1H3,(H3,15,16,19)/t10-/m1/s1. The third kappa shape index (κ3) is 3.47. The van der Waals surface area contributed by atoms with Crippen LogP contribution >= 0.6 is 0 Å². The highest BCUT2D eigenvalue weighted by atomic mass is 16.2. The Kier molecular flexibility index (Phi) is 4.04. The number of urea groups is 1. The van der Waals surface area contributed by atoms with E-state index >= 15 is 0 Å². The number of carbonyl (C=O) groups excluding carboxylic acids is 2. The van der Waals surface area contributed by atoms with E-state index in [1.54, 1.807) is 24.3 Å². The molecule has 1 atom stereocenters. The maximum atomic E-state index is 12.4. The van der Waals surface area contributed by atoms with Crippen LogP contribution in [0.25, 0.3) is 0 Å². The molecule has 0 bridgehead atoms. The smallest absolute Gasteiger partial charge is 0.316 e. The summed E-state index contributed by atoms with van der Waals surface area (Å²) in [4.78, 5) is 25.0. The lowest BCUT2D eigenvalue weighted by atomic mass is 9.99. The highest BCUT2D eigenvalue weighted by molar-refractivity contribution is 5.96. The molecule has 1 saturated heterocycles. The van der Waals surface area contributed by atoms with Gasteiger partial charge >= 0.3 is 6.03 Å². The van der Waals surface area contributed by atoms with Crippen molar-refractivity contribution in [3.8, 4) is 0 Å². The summed E-state index contributed by atoms with van der Waals surface area (Å²) in [5.74, 6) is 0.560. The minimum absolute atomic E-state index is 0.0136. The Balaban J connectivity index is 2.12. The highest BCUT2D eigenvalue weighted by Gasteiger charge is 2.22. The Bertz CT molecular complexity index is 487. The Morgan fingerprint density at radius 2 is 2.21 bits per heavy atom. The molecule has 1 heterocycles. The Hall–Kier alpha value is -2.04. The molecule has 0 radical (unpaired) electrons. The number of hydrogen-bond donors (Lipinski definition) is 2. The summed E-state index contributed by atoms with van der Waals surface area (Å²) in [5, 5.41) is 2.48. The first-order chi connectivity index (χ1) is 9.06. The van der Waals surface area contributed by atoms with E-state index in [9.17, 15) is 9.59 Å². The van der Waals surface area contributed by atoms with Crippen molar-refractivity contribution in [3.63, 3.8) is 0 Å². The average molecular weight is 261 g/mol. The fraction of sp³-hybridized carbons (Fsp3) is 0.429. The van der Waals surface area contributed by atoms with Gasteiger partial charge in [-0.05, 0) is 37.0 Å². The minimum atomic E-state index is -0.629. The molecule has 19 heavy (non-hydrogen) atoms. The number of hydrogen-bond acceptors (Lipinski definition) is 2. The van der Waals surface area contributed by atoms with Crippen LogP contribution in [0.3, 0.4) is 0 Å². The molecule has 5 heteroatoms. The quantitative estimate of drug-likeness (QED) is 0.855. The van der Waals surface area contributed by atoms with Crippen LogP contribution in [0.5, 0.6) is 0 Å². The van der Waals surface area contributed by atoms with Gasteiger partial charge in [0, 0.05) is 24.3 Å². The third-order valence-electron chi connectivity index (χ3n) is 3.32. The van der Waals surface area contributed by atoms with Gasteiger partial charge in [0.25, 0.3) is 5.91 Å². The average Bonchev–Trinajstić information content (AvgIpc) is 2.37. The van der Waals surface area contributed by atoms with Crippen molar-refractivity contribution < 1.29 is 9.59 Å². The molecule has 1 fully saturated rings. The molecule has 1 aliphatic rings. The van der Waals surface area contributed by atoms with Gasteiger partial charge in [-0.25, -0.2) is 4.79 Å². The number of carbonyl (C=O) groups is 2. The van der Waals surface area contributed by atoms with E-state index in [0.29, 0.717) is 17.2 Å². The molecule has 3 N–H and O–H groups in total.